The number of nitrogens with one attached hydrogen (secondary N) is 1. The molecule has 2 aromatic rings. The Bertz CT molecular complexity index is 778. The van der Waals surface area contributed by atoms with E-state index in [1.807, 2.05) is 37.7 Å². The number of hydrogen-bond acceptors (Lipinski definition) is 5. The molecule has 9 heteroatoms. The zero-order valence-electron chi connectivity index (χ0n) is 17.5. The maximum Gasteiger partial charge on any atom is 0.194 e. The fraction of sp³-hybridized carbons (Fsp3) is 0.526. The van der Waals surface area contributed by atoms with Gasteiger partial charge >= 0.3 is 0 Å². The smallest absolute Gasteiger partial charge is 0.194 e. The molecule has 1 heterocycles. The Balaban J connectivity index is 0.00000392. The number of aryl methyl sites for hydroxylation is 1. The molecule has 0 aliphatic heterocycles. The Hall–Kier alpha value is -2.04. The number of hydrogen-bond donors (Lipinski definition) is 1. The maximum atomic E-state index is 5.38. The van der Waals surface area contributed by atoms with Gasteiger partial charge in [-0.05, 0) is 38.0 Å². The van der Waals surface area contributed by atoms with Gasteiger partial charge in [-0.15, -0.1) is 34.2 Å². The Morgan fingerprint density at radius 2 is 1.93 bits per heavy atom. The fourth-order valence-electron chi connectivity index (χ4n) is 2.64. The molecule has 1 aromatic heterocycles. The van der Waals surface area contributed by atoms with Gasteiger partial charge in [0.25, 0.3) is 0 Å². The standard InChI is InChI=1S/C19H30N6O2.HI/c1-7-20-19(21-13-18-23-22-14(2)25(18)4)24(3)11-10-15-8-9-16(26-5)17(12-15)27-6;/h8-9,12H,7,10-11,13H2,1-6H3,(H,20,21);1H. The molecule has 0 radical (unpaired) electrons. The summed E-state index contributed by atoms with van der Waals surface area (Å²) in [7, 11) is 7.28. The molecule has 1 aromatic carbocycles. The number of guanidine groups is 1. The highest BCUT2D eigenvalue weighted by Gasteiger charge is 2.10. The third kappa shape index (κ3) is 6.25. The Labute approximate surface area is 184 Å². The predicted molar refractivity (Wildman–Crippen MR) is 122 cm³/mol. The lowest BCUT2D eigenvalue weighted by Gasteiger charge is -2.22. The minimum atomic E-state index is 0. The molecular formula is C19H31IN6O2. The monoisotopic (exact) mass is 502 g/mol. The van der Waals surface area contributed by atoms with Crippen molar-refractivity contribution in [1.29, 1.82) is 0 Å². The molecular weight excluding hydrogens is 471 g/mol. The van der Waals surface area contributed by atoms with Crippen LogP contribution in [0.4, 0.5) is 0 Å². The molecule has 156 valence electrons. The molecule has 0 atom stereocenters. The van der Waals surface area contributed by atoms with E-state index in [0.717, 1.165) is 48.6 Å². The summed E-state index contributed by atoms with van der Waals surface area (Å²) in [6.07, 6.45) is 0.865. The summed E-state index contributed by atoms with van der Waals surface area (Å²) in [5.74, 6) is 4.06. The number of methoxy groups -OCH3 is 2. The molecule has 0 saturated heterocycles. The fourth-order valence-corrected chi connectivity index (χ4v) is 2.64. The van der Waals surface area contributed by atoms with Crippen molar-refractivity contribution < 1.29 is 9.47 Å². The number of likely N-dealkylation sites (N-methyl/N-ethyl adjacent to an activating group) is 1. The van der Waals surface area contributed by atoms with Crippen molar-refractivity contribution in [1.82, 2.24) is 25.0 Å². The zero-order valence-corrected chi connectivity index (χ0v) is 19.9. The Kier molecular flexibility index (Phi) is 10.0. The van der Waals surface area contributed by atoms with Gasteiger partial charge in [0.2, 0.25) is 0 Å². The summed E-state index contributed by atoms with van der Waals surface area (Å²) in [4.78, 5) is 6.81. The largest absolute Gasteiger partial charge is 0.493 e. The minimum absolute atomic E-state index is 0. The van der Waals surface area contributed by atoms with Crippen molar-refractivity contribution in [2.24, 2.45) is 12.0 Å². The van der Waals surface area contributed by atoms with Crippen molar-refractivity contribution in [3.05, 3.63) is 35.4 Å². The molecule has 0 unspecified atom stereocenters. The van der Waals surface area contributed by atoms with Gasteiger partial charge in [-0.25, -0.2) is 4.99 Å². The summed E-state index contributed by atoms with van der Waals surface area (Å²) < 4.78 is 12.6. The average molecular weight is 502 g/mol. The Morgan fingerprint density at radius 3 is 2.50 bits per heavy atom. The van der Waals surface area contributed by atoms with Gasteiger partial charge in [-0.3, -0.25) is 0 Å². The molecule has 0 saturated carbocycles. The van der Waals surface area contributed by atoms with Crippen LogP contribution in [0.2, 0.25) is 0 Å². The summed E-state index contributed by atoms with van der Waals surface area (Å²) in [5.41, 5.74) is 1.18. The lowest BCUT2D eigenvalue weighted by Crippen LogP contribution is -2.40. The first-order chi connectivity index (χ1) is 13.0. The number of aromatic nitrogens is 3. The van der Waals surface area contributed by atoms with Crippen LogP contribution in [0, 0.1) is 6.92 Å². The van der Waals surface area contributed by atoms with Gasteiger partial charge in [-0.1, -0.05) is 6.07 Å². The highest BCUT2D eigenvalue weighted by atomic mass is 127. The molecule has 0 aliphatic carbocycles. The van der Waals surface area contributed by atoms with Gasteiger partial charge < -0.3 is 24.3 Å². The van der Waals surface area contributed by atoms with Crippen LogP contribution < -0.4 is 14.8 Å². The summed E-state index contributed by atoms with van der Waals surface area (Å²) >= 11 is 0. The molecule has 28 heavy (non-hydrogen) atoms. The van der Waals surface area contributed by atoms with Gasteiger partial charge in [0.1, 0.15) is 12.4 Å². The quantitative estimate of drug-likeness (QED) is 0.340. The second-order valence-electron chi connectivity index (χ2n) is 6.25. The predicted octanol–water partition coefficient (Wildman–Crippen LogP) is 2.40. The second-order valence-corrected chi connectivity index (χ2v) is 6.25. The van der Waals surface area contributed by atoms with Crippen molar-refractivity contribution in [3.8, 4) is 11.5 Å². The number of rotatable bonds is 8. The van der Waals surface area contributed by atoms with E-state index in [4.69, 9.17) is 14.5 Å². The molecule has 0 bridgehead atoms. The molecule has 8 nitrogen and oxygen atoms in total. The normalized spacial score (nSPS) is 11.0. The number of halogens is 1. The highest BCUT2D eigenvalue weighted by molar-refractivity contribution is 14.0. The summed E-state index contributed by atoms with van der Waals surface area (Å²) in [6, 6.07) is 6.00. The van der Waals surface area contributed by atoms with Gasteiger partial charge in [0.05, 0.1) is 14.2 Å². The van der Waals surface area contributed by atoms with Gasteiger partial charge in [-0.2, -0.15) is 0 Å². The van der Waals surface area contributed by atoms with Crippen molar-refractivity contribution in [2.45, 2.75) is 26.8 Å². The second kappa shape index (κ2) is 11.7. The van der Waals surface area contributed by atoms with Crippen LogP contribution >= 0.6 is 24.0 Å². The van der Waals surface area contributed by atoms with Crippen LogP contribution in [0.3, 0.4) is 0 Å². The summed E-state index contributed by atoms with van der Waals surface area (Å²) in [6.45, 7) is 6.10. The third-order valence-corrected chi connectivity index (χ3v) is 4.43. The maximum absolute atomic E-state index is 5.38. The van der Waals surface area contributed by atoms with E-state index in [0.29, 0.717) is 6.54 Å². The Morgan fingerprint density at radius 1 is 1.21 bits per heavy atom. The summed E-state index contributed by atoms with van der Waals surface area (Å²) in [5, 5.41) is 11.6. The van der Waals surface area contributed by atoms with E-state index in [9.17, 15) is 0 Å². The van der Waals surface area contributed by atoms with E-state index >= 15 is 0 Å². The van der Waals surface area contributed by atoms with E-state index in [1.165, 1.54) is 5.56 Å². The molecule has 0 spiro atoms. The third-order valence-electron chi connectivity index (χ3n) is 4.43. The van der Waals surface area contributed by atoms with Crippen LogP contribution in [-0.4, -0.2) is 60.0 Å². The average Bonchev–Trinajstić information content (AvgIpc) is 3.01. The number of ether oxygens (including phenoxy) is 2. The van der Waals surface area contributed by atoms with Crippen LogP contribution in [0.5, 0.6) is 11.5 Å². The van der Waals surface area contributed by atoms with Crippen molar-refractivity contribution in [3.63, 3.8) is 0 Å². The van der Waals surface area contributed by atoms with E-state index < -0.39 is 0 Å². The number of aliphatic imine (C=N–C) groups is 1. The van der Waals surface area contributed by atoms with Gasteiger partial charge in [0, 0.05) is 27.2 Å². The van der Waals surface area contributed by atoms with Crippen molar-refractivity contribution in [2.75, 3.05) is 34.4 Å². The molecule has 1 N–H and O–H groups in total. The topological polar surface area (TPSA) is 76.8 Å². The first kappa shape index (κ1) is 24.0. The van der Waals surface area contributed by atoms with Crippen LogP contribution in [-0.2, 0) is 20.0 Å². The van der Waals surface area contributed by atoms with E-state index in [-0.39, 0.29) is 24.0 Å². The first-order valence-electron chi connectivity index (χ1n) is 9.05. The van der Waals surface area contributed by atoms with Gasteiger partial charge in [0.15, 0.2) is 23.3 Å². The minimum Gasteiger partial charge on any atom is -0.493 e. The lowest BCUT2D eigenvalue weighted by atomic mass is 10.1. The SMILES string of the molecule is CCNC(=NCc1nnc(C)n1C)N(C)CCc1ccc(OC)c(OC)c1.I. The molecule has 0 fully saturated rings. The van der Waals surface area contributed by atoms with Crippen LogP contribution in [0.1, 0.15) is 24.1 Å². The number of nitrogens with zero attached hydrogens (tertiary/aromatic N) is 5. The molecule has 2 rings (SSSR count). The highest BCUT2D eigenvalue weighted by Crippen LogP contribution is 2.27. The van der Waals surface area contributed by atoms with Crippen molar-refractivity contribution >= 4 is 29.9 Å². The van der Waals surface area contributed by atoms with E-state index in [2.05, 4.69) is 33.4 Å². The molecule has 0 aliphatic rings. The zero-order chi connectivity index (χ0) is 19.8. The van der Waals surface area contributed by atoms with Crippen LogP contribution in [0.25, 0.3) is 0 Å². The number of benzene rings is 1. The lowest BCUT2D eigenvalue weighted by molar-refractivity contribution is 0.354. The van der Waals surface area contributed by atoms with E-state index in [1.54, 1.807) is 14.2 Å². The van der Waals surface area contributed by atoms with Crippen LogP contribution in [0.15, 0.2) is 23.2 Å². The molecule has 0 amide bonds. The first-order valence-corrected chi connectivity index (χ1v) is 9.05.